The minimum Gasteiger partial charge on any atom is -0.345 e. The van der Waals surface area contributed by atoms with Crippen molar-refractivity contribution in [3.8, 4) is 0 Å². The van der Waals surface area contributed by atoms with Gasteiger partial charge in [-0.25, -0.2) is 0 Å². The molecule has 0 spiro atoms. The van der Waals surface area contributed by atoms with Crippen molar-refractivity contribution in [2.45, 2.75) is 19.9 Å². The van der Waals surface area contributed by atoms with Gasteiger partial charge in [-0.15, -0.1) is 0 Å². The third-order valence-corrected chi connectivity index (χ3v) is 4.50. The maximum absolute atomic E-state index is 12.2. The maximum atomic E-state index is 12.2. The topological polar surface area (TPSA) is 46.9 Å². The molecule has 0 saturated carbocycles. The minimum absolute atomic E-state index is 0.112. The van der Waals surface area contributed by atoms with Crippen molar-refractivity contribution in [2.75, 3.05) is 0 Å². The Bertz CT molecular complexity index is 654. The average molecular weight is 357 g/mol. The molecule has 1 N–H and O–H groups in total. The van der Waals surface area contributed by atoms with E-state index in [4.69, 9.17) is 11.6 Å². The molecule has 0 aliphatic rings. The maximum Gasteiger partial charge on any atom is 0.251 e. The zero-order chi connectivity index (χ0) is 14.9. The third-order valence-electron chi connectivity index (χ3n) is 3.27. The minimum atomic E-state index is -0.157. The predicted molar refractivity (Wildman–Crippen MR) is 83.0 cm³/mol. The summed E-state index contributed by atoms with van der Waals surface area (Å²) in [4.78, 5) is 12.2. The smallest absolute Gasteiger partial charge is 0.251 e. The Labute approximate surface area is 131 Å². The highest BCUT2D eigenvalue weighted by Gasteiger charge is 2.16. The number of benzene rings is 1. The highest BCUT2D eigenvalue weighted by atomic mass is 79.9. The van der Waals surface area contributed by atoms with Gasteiger partial charge >= 0.3 is 0 Å². The van der Waals surface area contributed by atoms with Gasteiger partial charge in [-0.3, -0.25) is 9.48 Å². The summed E-state index contributed by atoms with van der Waals surface area (Å²) in [5.74, 6) is -0.157. The highest BCUT2D eigenvalue weighted by molar-refractivity contribution is 9.10. The molecular formula is C14H15BrClN3O. The zero-order valence-corrected chi connectivity index (χ0v) is 13.8. The molecule has 0 bridgehead atoms. The second kappa shape index (κ2) is 5.97. The molecule has 0 saturated heterocycles. The van der Waals surface area contributed by atoms with Gasteiger partial charge in [0, 0.05) is 28.3 Å². The first-order chi connectivity index (χ1) is 9.40. The summed E-state index contributed by atoms with van der Waals surface area (Å²) in [6, 6.07) is 5.02. The Hall–Kier alpha value is -1.33. The number of halogens is 2. The van der Waals surface area contributed by atoms with Gasteiger partial charge in [0.15, 0.2) is 0 Å². The van der Waals surface area contributed by atoms with Crippen molar-refractivity contribution >= 4 is 33.4 Å². The molecule has 0 radical (unpaired) electrons. The van der Waals surface area contributed by atoms with E-state index in [-0.39, 0.29) is 11.9 Å². The lowest BCUT2D eigenvalue weighted by molar-refractivity contribution is 0.0940. The van der Waals surface area contributed by atoms with E-state index in [9.17, 15) is 4.79 Å². The SMILES string of the molecule is Cc1c(C(C)NC(=O)c2ccc(Br)c(Cl)c2)cnn1C. The lowest BCUT2D eigenvalue weighted by atomic mass is 10.1. The Morgan fingerprint density at radius 2 is 2.20 bits per heavy atom. The number of hydrogen-bond acceptors (Lipinski definition) is 2. The molecule has 1 amide bonds. The molecule has 1 unspecified atom stereocenters. The summed E-state index contributed by atoms with van der Waals surface area (Å²) in [7, 11) is 1.88. The van der Waals surface area contributed by atoms with Crippen molar-refractivity contribution in [3.05, 3.63) is 50.7 Å². The summed E-state index contributed by atoms with van der Waals surface area (Å²) < 4.78 is 2.56. The molecule has 1 heterocycles. The standard InChI is InChI=1S/C14H15BrClN3O/c1-8(11-7-17-19(3)9(11)2)18-14(20)10-4-5-12(15)13(16)6-10/h4-8H,1-3H3,(H,18,20). The fraction of sp³-hybridized carbons (Fsp3) is 0.286. The van der Waals surface area contributed by atoms with E-state index in [1.807, 2.05) is 20.9 Å². The second-order valence-electron chi connectivity index (χ2n) is 4.63. The number of carbonyl (C=O) groups excluding carboxylic acids is 1. The number of aryl methyl sites for hydroxylation is 1. The lowest BCUT2D eigenvalue weighted by Gasteiger charge is -2.14. The van der Waals surface area contributed by atoms with E-state index in [0.29, 0.717) is 10.6 Å². The molecule has 2 rings (SSSR count). The van der Waals surface area contributed by atoms with Crippen LogP contribution in [0.5, 0.6) is 0 Å². The van der Waals surface area contributed by atoms with Crippen LogP contribution in [0.2, 0.25) is 5.02 Å². The van der Waals surface area contributed by atoms with Crippen LogP contribution in [0.3, 0.4) is 0 Å². The number of rotatable bonds is 3. The molecule has 0 aliphatic heterocycles. The van der Waals surface area contributed by atoms with Gasteiger partial charge < -0.3 is 5.32 Å². The van der Waals surface area contributed by atoms with Gasteiger partial charge in [-0.1, -0.05) is 11.6 Å². The van der Waals surface area contributed by atoms with Crippen molar-refractivity contribution in [3.63, 3.8) is 0 Å². The summed E-state index contributed by atoms with van der Waals surface area (Å²) in [6.45, 7) is 3.91. The van der Waals surface area contributed by atoms with E-state index < -0.39 is 0 Å². The van der Waals surface area contributed by atoms with Gasteiger partial charge in [0.25, 0.3) is 5.91 Å². The van der Waals surface area contributed by atoms with Crippen LogP contribution in [0.4, 0.5) is 0 Å². The Morgan fingerprint density at radius 1 is 1.50 bits per heavy atom. The summed E-state index contributed by atoms with van der Waals surface area (Å²) in [5.41, 5.74) is 2.57. The zero-order valence-electron chi connectivity index (χ0n) is 11.4. The molecule has 0 fully saturated rings. The second-order valence-corrected chi connectivity index (χ2v) is 5.89. The van der Waals surface area contributed by atoms with Crippen molar-refractivity contribution < 1.29 is 4.79 Å². The molecule has 1 aromatic heterocycles. The molecular weight excluding hydrogens is 342 g/mol. The number of aromatic nitrogens is 2. The molecule has 0 aliphatic carbocycles. The summed E-state index contributed by atoms with van der Waals surface area (Å²) in [5, 5.41) is 7.64. The van der Waals surface area contributed by atoms with Crippen LogP contribution in [-0.4, -0.2) is 15.7 Å². The molecule has 1 aromatic carbocycles. The Kier molecular flexibility index (Phi) is 4.50. The van der Waals surface area contributed by atoms with Crippen molar-refractivity contribution in [2.24, 2.45) is 7.05 Å². The fourth-order valence-corrected chi connectivity index (χ4v) is 2.36. The van der Waals surface area contributed by atoms with E-state index in [1.165, 1.54) is 0 Å². The normalized spacial score (nSPS) is 12.2. The van der Waals surface area contributed by atoms with Crippen molar-refractivity contribution in [1.82, 2.24) is 15.1 Å². The molecule has 2 aromatic rings. The molecule has 106 valence electrons. The van der Waals surface area contributed by atoms with Gasteiger partial charge in [-0.05, 0) is 48.0 Å². The van der Waals surface area contributed by atoms with Gasteiger partial charge in [0.05, 0.1) is 17.3 Å². The van der Waals surface area contributed by atoms with E-state index in [1.54, 1.807) is 29.1 Å². The van der Waals surface area contributed by atoms with Crippen LogP contribution in [0.25, 0.3) is 0 Å². The Morgan fingerprint density at radius 3 is 2.75 bits per heavy atom. The average Bonchev–Trinajstić information content (AvgIpc) is 2.73. The molecule has 20 heavy (non-hydrogen) atoms. The fourth-order valence-electron chi connectivity index (χ4n) is 1.94. The quantitative estimate of drug-likeness (QED) is 0.913. The Balaban J connectivity index is 2.15. The number of carbonyl (C=O) groups is 1. The van der Waals surface area contributed by atoms with Crippen LogP contribution in [0.15, 0.2) is 28.9 Å². The van der Waals surface area contributed by atoms with Crippen molar-refractivity contribution in [1.29, 1.82) is 0 Å². The largest absolute Gasteiger partial charge is 0.345 e. The van der Waals surface area contributed by atoms with Crippen LogP contribution in [0.1, 0.15) is 34.6 Å². The molecule has 6 heteroatoms. The predicted octanol–water partition coefficient (Wildman–Crippen LogP) is 3.64. The number of hydrogen-bond donors (Lipinski definition) is 1. The number of amides is 1. The summed E-state index contributed by atoms with van der Waals surface area (Å²) in [6.07, 6.45) is 1.77. The van der Waals surface area contributed by atoms with Crippen LogP contribution in [0, 0.1) is 6.92 Å². The number of nitrogens with zero attached hydrogens (tertiary/aromatic N) is 2. The van der Waals surface area contributed by atoms with Gasteiger partial charge in [0.2, 0.25) is 0 Å². The lowest BCUT2D eigenvalue weighted by Crippen LogP contribution is -2.26. The third kappa shape index (κ3) is 3.04. The first kappa shape index (κ1) is 15.1. The molecule has 1 atom stereocenters. The van der Waals surface area contributed by atoms with Crippen LogP contribution in [-0.2, 0) is 7.05 Å². The van der Waals surface area contributed by atoms with Crippen LogP contribution < -0.4 is 5.32 Å². The van der Waals surface area contributed by atoms with E-state index >= 15 is 0 Å². The van der Waals surface area contributed by atoms with Gasteiger partial charge in [-0.2, -0.15) is 5.10 Å². The summed E-state index contributed by atoms with van der Waals surface area (Å²) >= 11 is 9.30. The van der Waals surface area contributed by atoms with Crippen LogP contribution >= 0.6 is 27.5 Å². The number of nitrogens with one attached hydrogen (secondary N) is 1. The highest BCUT2D eigenvalue weighted by Crippen LogP contribution is 2.24. The first-order valence-corrected chi connectivity index (χ1v) is 7.31. The molecule has 4 nitrogen and oxygen atoms in total. The van der Waals surface area contributed by atoms with Gasteiger partial charge in [0.1, 0.15) is 0 Å². The van der Waals surface area contributed by atoms with E-state index in [0.717, 1.165) is 15.7 Å². The first-order valence-electron chi connectivity index (χ1n) is 6.14. The monoisotopic (exact) mass is 355 g/mol. The van der Waals surface area contributed by atoms with E-state index in [2.05, 4.69) is 26.3 Å².